The fraction of sp³-hybridized carbons (Fsp3) is 1.00. The molecule has 8 atom stereocenters. The molecule has 1 saturated heterocycles. The van der Waals surface area contributed by atoms with Gasteiger partial charge < -0.3 is 0 Å². The highest BCUT2D eigenvalue weighted by atomic mass is 32.3. The summed E-state index contributed by atoms with van der Waals surface area (Å²) in [7, 11) is -3.78. The Balaban J connectivity index is 1.37. The molecule has 0 aromatic carbocycles. The molecule has 32 heavy (non-hydrogen) atoms. The van der Waals surface area contributed by atoms with Crippen LogP contribution in [0.3, 0.4) is 0 Å². The maximum Gasteiger partial charge on any atom is 0.405 e. The molecule has 5 aliphatic rings. The van der Waals surface area contributed by atoms with Crippen molar-refractivity contribution < 1.29 is 16.8 Å². The van der Waals surface area contributed by atoms with Crippen LogP contribution in [0, 0.1) is 52.3 Å². The second-order valence-electron chi connectivity index (χ2n) is 13.2. The molecule has 5 heteroatoms. The average Bonchev–Trinajstić information content (AvgIpc) is 3.04. The molecule has 0 aromatic rings. The van der Waals surface area contributed by atoms with E-state index in [4.69, 9.17) is 8.37 Å². The van der Waals surface area contributed by atoms with E-state index in [1.807, 2.05) is 0 Å². The minimum Gasteiger partial charge on any atom is -0.211 e. The molecule has 4 nitrogen and oxygen atoms in total. The smallest absolute Gasteiger partial charge is 0.211 e. The van der Waals surface area contributed by atoms with Gasteiger partial charge in [-0.25, -0.2) is 8.37 Å². The molecule has 0 unspecified atom stereocenters. The number of fused-ring (bicyclic) bond motifs is 6. The molecule has 5 rings (SSSR count). The van der Waals surface area contributed by atoms with Crippen LogP contribution >= 0.6 is 0 Å². The van der Waals surface area contributed by atoms with Gasteiger partial charge in [-0.1, -0.05) is 53.9 Å². The van der Waals surface area contributed by atoms with Crippen molar-refractivity contribution in [1.29, 1.82) is 0 Å². The molecule has 4 saturated carbocycles. The van der Waals surface area contributed by atoms with Crippen LogP contribution in [0.4, 0.5) is 0 Å². The van der Waals surface area contributed by atoms with E-state index in [0.717, 1.165) is 36.5 Å². The van der Waals surface area contributed by atoms with E-state index in [-0.39, 0.29) is 5.41 Å². The average molecular weight is 467 g/mol. The van der Waals surface area contributed by atoms with Gasteiger partial charge >= 0.3 is 10.4 Å². The quantitative estimate of drug-likeness (QED) is 0.434. The number of hydrogen-bond acceptors (Lipinski definition) is 4. The summed E-state index contributed by atoms with van der Waals surface area (Å²) < 4.78 is 35.3. The largest absolute Gasteiger partial charge is 0.405 e. The summed E-state index contributed by atoms with van der Waals surface area (Å²) >= 11 is 0. The Kier molecular flexibility index (Phi) is 5.86. The van der Waals surface area contributed by atoms with Crippen LogP contribution in [0.2, 0.25) is 0 Å². The second kappa shape index (κ2) is 7.95. The molecule has 1 aliphatic heterocycles. The molecule has 184 valence electrons. The lowest BCUT2D eigenvalue weighted by Crippen LogP contribution is -2.70. The van der Waals surface area contributed by atoms with Gasteiger partial charge in [0.15, 0.2) is 0 Å². The van der Waals surface area contributed by atoms with E-state index < -0.39 is 16.2 Å². The first-order valence-corrected chi connectivity index (χ1v) is 15.0. The van der Waals surface area contributed by atoms with Crippen molar-refractivity contribution in [3.8, 4) is 0 Å². The van der Waals surface area contributed by atoms with Gasteiger partial charge in [0.05, 0.1) is 0 Å². The predicted octanol–water partition coefficient (Wildman–Crippen LogP) is 7.10. The molecule has 1 heterocycles. The zero-order valence-corrected chi connectivity index (χ0v) is 21.9. The summed E-state index contributed by atoms with van der Waals surface area (Å²) in [5, 5.41) is 0. The van der Waals surface area contributed by atoms with E-state index in [1.165, 1.54) is 64.2 Å². The minimum absolute atomic E-state index is 0.165. The molecular formula is C27H46O4S. The Morgan fingerprint density at radius 3 is 2.31 bits per heavy atom. The summed E-state index contributed by atoms with van der Waals surface area (Å²) in [5.74, 6) is 4.14. The van der Waals surface area contributed by atoms with Gasteiger partial charge in [-0.15, -0.1) is 0 Å². The fourth-order valence-corrected chi connectivity index (χ4v) is 11.1. The maximum absolute atomic E-state index is 12.0. The molecule has 0 N–H and O–H groups in total. The topological polar surface area (TPSA) is 52.6 Å². The molecule has 0 aromatic heterocycles. The normalized spacial score (nSPS) is 47.4. The third kappa shape index (κ3) is 3.38. The number of hydrogen-bond donors (Lipinski definition) is 0. The van der Waals surface area contributed by atoms with Gasteiger partial charge in [-0.05, 0) is 98.2 Å². The van der Waals surface area contributed by atoms with E-state index in [0.29, 0.717) is 23.2 Å². The summed E-state index contributed by atoms with van der Waals surface area (Å²) in [6.07, 6.45) is 14.9. The highest BCUT2D eigenvalue weighted by Crippen LogP contribution is 2.72. The third-order valence-electron chi connectivity index (χ3n) is 11.5. The molecule has 5 fully saturated rings. The first-order chi connectivity index (χ1) is 15.0. The molecular weight excluding hydrogens is 420 g/mol. The van der Waals surface area contributed by atoms with Crippen LogP contribution in [-0.4, -0.2) is 14.2 Å². The monoisotopic (exact) mass is 466 g/mol. The van der Waals surface area contributed by atoms with E-state index in [1.54, 1.807) is 0 Å². The van der Waals surface area contributed by atoms with Crippen LogP contribution in [0.1, 0.15) is 112 Å². The van der Waals surface area contributed by atoms with Crippen molar-refractivity contribution in [2.24, 2.45) is 52.3 Å². The minimum atomic E-state index is -3.78. The van der Waals surface area contributed by atoms with Crippen molar-refractivity contribution in [3.05, 3.63) is 0 Å². The molecule has 0 bridgehead atoms. The van der Waals surface area contributed by atoms with E-state index in [2.05, 4.69) is 34.6 Å². The number of rotatable bonds is 5. The van der Waals surface area contributed by atoms with Crippen molar-refractivity contribution in [2.45, 2.75) is 117 Å². The van der Waals surface area contributed by atoms with Crippen molar-refractivity contribution in [3.63, 3.8) is 0 Å². The Bertz CT molecular complexity index is 810. The summed E-state index contributed by atoms with van der Waals surface area (Å²) in [4.78, 5) is 0. The van der Waals surface area contributed by atoms with Crippen LogP contribution in [0.5, 0.6) is 0 Å². The molecule has 4 aliphatic carbocycles. The van der Waals surface area contributed by atoms with E-state index in [9.17, 15) is 8.42 Å². The highest BCUT2D eigenvalue weighted by molar-refractivity contribution is 7.82. The Morgan fingerprint density at radius 1 is 0.875 bits per heavy atom. The molecule has 0 amide bonds. The zero-order chi connectivity index (χ0) is 22.9. The van der Waals surface area contributed by atoms with Crippen LogP contribution in [-0.2, 0) is 18.8 Å². The lowest BCUT2D eigenvalue weighted by Gasteiger charge is -2.66. The van der Waals surface area contributed by atoms with Gasteiger partial charge in [-0.2, -0.15) is 8.42 Å². The van der Waals surface area contributed by atoms with Gasteiger partial charge in [0.25, 0.3) is 0 Å². The second-order valence-corrected chi connectivity index (χ2v) is 14.3. The van der Waals surface area contributed by atoms with Crippen LogP contribution in [0.15, 0.2) is 0 Å². The standard InChI is InChI=1S/C27H46O4S/c1-18(2)8-6-9-19(3)22-13-14-23-21-12-11-20-10-7-16-27(30-32(28,29)31-27)26(20,5)24(21)15-17-25(22,23)4/h18-24H,6-17H2,1-5H3/t19-,20+,21+,22-,23-,24-,25+,26-/m0/s1. The summed E-state index contributed by atoms with van der Waals surface area (Å²) in [6.45, 7) is 12.2. The lowest BCUT2D eigenvalue weighted by molar-refractivity contribution is -0.324. The van der Waals surface area contributed by atoms with Gasteiger partial charge in [0.1, 0.15) is 0 Å². The SMILES string of the molecule is CC(C)CCC[C@H](C)[C@@H]1CC[C@H]2[C@H]3CC[C@H]4CCCC5(OS(=O)(=O)O5)[C@]4(C)[C@H]3CC[C@@]21C. The zero-order valence-electron chi connectivity index (χ0n) is 21.1. The predicted molar refractivity (Wildman–Crippen MR) is 127 cm³/mol. The maximum atomic E-state index is 12.0. The van der Waals surface area contributed by atoms with Crippen LogP contribution < -0.4 is 0 Å². The molecule has 1 spiro atoms. The lowest BCUT2D eigenvalue weighted by atomic mass is 9.43. The van der Waals surface area contributed by atoms with Gasteiger partial charge in [0.2, 0.25) is 5.79 Å². The Morgan fingerprint density at radius 2 is 1.62 bits per heavy atom. The van der Waals surface area contributed by atoms with Crippen molar-refractivity contribution >= 4 is 10.4 Å². The molecule has 0 radical (unpaired) electrons. The Hall–Kier alpha value is -0.130. The van der Waals surface area contributed by atoms with Crippen molar-refractivity contribution in [1.82, 2.24) is 0 Å². The fourth-order valence-electron chi connectivity index (χ4n) is 9.94. The van der Waals surface area contributed by atoms with Gasteiger partial charge in [0, 0.05) is 11.8 Å². The first-order valence-electron chi connectivity index (χ1n) is 13.7. The van der Waals surface area contributed by atoms with Crippen LogP contribution in [0.25, 0.3) is 0 Å². The van der Waals surface area contributed by atoms with Gasteiger partial charge in [-0.3, -0.25) is 0 Å². The van der Waals surface area contributed by atoms with E-state index >= 15 is 0 Å². The Labute approximate surface area is 196 Å². The highest BCUT2D eigenvalue weighted by Gasteiger charge is 2.72. The third-order valence-corrected chi connectivity index (χ3v) is 12.4. The first kappa shape index (κ1) is 23.6. The summed E-state index contributed by atoms with van der Waals surface area (Å²) in [5.41, 5.74) is 0.290. The summed E-state index contributed by atoms with van der Waals surface area (Å²) in [6, 6.07) is 0. The van der Waals surface area contributed by atoms with Crippen molar-refractivity contribution in [2.75, 3.05) is 0 Å².